The highest BCUT2D eigenvalue weighted by atomic mass is 19.1. The van der Waals surface area contributed by atoms with E-state index in [2.05, 4.69) is 9.80 Å². The average Bonchev–Trinajstić information content (AvgIpc) is 2.83. The van der Waals surface area contributed by atoms with Crippen LogP contribution in [0, 0.1) is 5.82 Å². The second kappa shape index (κ2) is 6.67. The highest BCUT2D eigenvalue weighted by Gasteiger charge is 2.28. The highest BCUT2D eigenvalue weighted by Crippen LogP contribution is 2.21. The van der Waals surface area contributed by atoms with E-state index in [0.717, 1.165) is 19.6 Å². The maximum atomic E-state index is 12.9. The lowest BCUT2D eigenvalue weighted by atomic mass is 10.1. The number of fused-ring (bicyclic) bond motifs is 1. The van der Waals surface area contributed by atoms with Crippen LogP contribution >= 0.6 is 0 Å². The van der Waals surface area contributed by atoms with Crippen molar-refractivity contribution < 1.29 is 9.18 Å². The van der Waals surface area contributed by atoms with Crippen LogP contribution in [0.25, 0.3) is 0 Å². The van der Waals surface area contributed by atoms with E-state index in [1.807, 2.05) is 0 Å². The smallest absolute Gasteiger partial charge is 0.164 e. The summed E-state index contributed by atoms with van der Waals surface area (Å²) in [4.78, 5) is 17.2. The molecule has 2 fully saturated rings. The number of halogens is 1. The summed E-state index contributed by atoms with van der Waals surface area (Å²) >= 11 is 0. The van der Waals surface area contributed by atoms with Crippen LogP contribution in [0.4, 0.5) is 4.39 Å². The second-order valence-electron chi connectivity index (χ2n) is 6.17. The van der Waals surface area contributed by atoms with Gasteiger partial charge in [-0.15, -0.1) is 0 Å². The molecule has 2 heterocycles. The van der Waals surface area contributed by atoms with E-state index in [-0.39, 0.29) is 11.6 Å². The van der Waals surface area contributed by atoms with Crippen molar-refractivity contribution in [3.8, 4) is 0 Å². The first-order valence-corrected chi connectivity index (χ1v) is 7.97. The van der Waals surface area contributed by atoms with Crippen molar-refractivity contribution in [1.82, 2.24) is 9.80 Å². The van der Waals surface area contributed by atoms with Crippen molar-refractivity contribution in [2.24, 2.45) is 0 Å². The summed E-state index contributed by atoms with van der Waals surface area (Å²) in [6.07, 6.45) is 4.33. The van der Waals surface area contributed by atoms with E-state index < -0.39 is 0 Å². The number of benzene rings is 1. The molecule has 0 spiro atoms. The van der Waals surface area contributed by atoms with Crippen molar-refractivity contribution in [2.75, 3.05) is 32.7 Å². The zero-order valence-electron chi connectivity index (χ0n) is 12.4. The largest absolute Gasteiger partial charge is 0.301 e. The lowest BCUT2D eigenvalue weighted by Crippen LogP contribution is -2.37. The molecule has 3 rings (SSSR count). The molecule has 1 aromatic carbocycles. The molecule has 0 saturated carbocycles. The minimum atomic E-state index is -0.291. The van der Waals surface area contributed by atoms with Crippen LogP contribution < -0.4 is 0 Å². The number of rotatable bonds is 4. The van der Waals surface area contributed by atoms with Gasteiger partial charge in [-0.3, -0.25) is 9.69 Å². The Hall–Kier alpha value is -1.26. The SMILES string of the molecule is O=C(CCN1CCCN2CCCC2C1)c1ccc(F)cc1. The average molecular weight is 290 g/mol. The van der Waals surface area contributed by atoms with Crippen LogP contribution in [-0.4, -0.2) is 54.3 Å². The summed E-state index contributed by atoms with van der Waals surface area (Å²) in [6, 6.07) is 6.57. The zero-order chi connectivity index (χ0) is 14.7. The fraction of sp³-hybridized carbons (Fsp3) is 0.588. The van der Waals surface area contributed by atoms with Crippen LogP contribution in [0.1, 0.15) is 36.0 Å². The molecule has 2 aliphatic heterocycles. The predicted molar refractivity (Wildman–Crippen MR) is 81.0 cm³/mol. The van der Waals surface area contributed by atoms with Gasteiger partial charge in [-0.05, 0) is 63.2 Å². The van der Waals surface area contributed by atoms with Gasteiger partial charge in [0.25, 0.3) is 0 Å². The van der Waals surface area contributed by atoms with Crippen molar-refractivity contribution in [1.29, 1.82) is 0 Å². The van der Waals surface area contributed by atoms with Crippen LogP contribution in [0.5, 0.6) is 0 Å². The van der Waals surface area contributed by atoms with E-state index in [4.69, 9.17) is 0 Å². The maximum Gasteiger partial charge on any atom is 0.164 e. The highest BCUT2D eigenvalue weighted by molar-refractivity contribution is 5.96. The molecule has 2 aliphatic rings. The second-order valence-corrected chi connectivity index (χ2v) is 6.17. The summed E-state index contributed by atoms with van der Waals surface area (Å²) in [6.45, 7) is 5.45. The van der Waals surface area contributed by atoms with Crippen LogP contribution in [0.15, 0.2) is 24.3 Å². The van der Waals surface area contributed by atoms with Gasteiger partial charge in [0.2, 0.25) is 0 Å². The third-order valence-electron chi connectivity index (χ3n) is 4.71. The first-order chi connectivity index (χ1) is 10.2. The molecule has 0 aliphatic carbocycles. The lowest BCUT2D eigenvalue weighted by Gasteiger charge is -2.25. The fourth-order valence-electron chi connectivity index (χ4n) is 3.53. The number of carbonyl (C=O) groups is 1. The van der Waals surface area contributed by atoms with Gasteiger partial charge in [0.15, 0.2) is 5.78 Å². The van der Waals surface area contributed by atoms with Crippen molar-refractivity contribution in [3.63, 3.8) is 0 Å². The number of Topliss-reactive ketones (excluding diaryl/α,β-unsaturated/α-hetero) is 1. The van der Waals surface area contributed by atoms with Crippen molar-refractivity contribution in [2.45, 2.75) is 31.7 Å². The minimum Gasteiger partial charge on any atom is -0.301 e. The number of hydrogen-bond acceptors (Lipinski definition) is 3. The van der Waals surface area contributed by atoms with Crippen molar-refractivity contribution in [3.05, 3.63) is 35.6 Å². The molecule has 0 aromatic heterocycles. The molecule has 3 nitrogen and oxygen atoms in total. The Kier molecular flexibility index (Phi) is 4.66. The quantitative estimate of drug-likeness (QED) is 0.796. The third kappa shape index (κ3) is 3.69. The summed E-state index contributed by atoms with van der Waals surface area (Å²) in [5, 5.41) is 0. The molecule has 1 aromatic rings. The van der Waals surface area contributed by atoms with Gasteiger partial charge in [0, 0.05) is 31.1 Å². The fourth-order valence-corrected chi connectivity index (χ4v) is 3.53. The third-order valence-corrected chi connectivity index (χ3v) is 4.71. The van der Waals surface area contributed by atoms with Gasteiger partial charge < -0.3 is 4.90 Å². The molecule has 0 bridgehead atoms. The van der Waals surface area contributed by atoms with Gasteiger partial charge in [0.05, 0.1) is 0 Å². The summed E-state index contributed by atoms with van der Waals surface area (Å²) in [7, 11) is 0. The molecule has 114 valence electrons. The monoisotopic (exact) mass is 290 g/mol. The molecule has 1 atom stereocenters. The molecule has 0 radical (unpaired) electrons. The lowest BCUT2D eigenvalue weighted by molar-refractivity contribution is 0.0961. The van der Waals surface area contributed by atoms with E-state index >= 15 is 0 Å². The topological polar surface area (TPSA) is 23.6 Å². The van der Waals surface area contributed by atoms with Gasteiger partial charge in [-0.2, -0.15) is 0 Å². The Labute approximate surface area is 125 Å². The Morgan fingerprint density at radius 3 is 2.71 bits per heavy atom. The Morgan fingerprint density at radius 1 is 1.14 bits per heavy atom. The van der Waals surface area contributed by atoms with E-state index in [0.29, 0.717) is 18.0 Å². The van der Waals surface area contributed by atoms with E-state index in [1.54, 1.807) is 12.1 Å². The van der Waals surface area contributed by atoms with Gasteiger partial charge in [-0.1, -0.05) is 0 Å². The zero-order valence-corrected chi connectivity index (χ0v) is 12.4. The number of hydrogen-bond donors (Lipinski definition) is 0. The molecule has 1 unspecified atom stereocenters. The summed E-state index contributed by atoms with van der Waals surface area (Å²) in [5.74, 6) is -0.178. The van der Waals surface area contributed by atoms with Gasteiger partial charge >= 0.3 is 0 Å². The Morgan fingerprint density at radius 2 is 1.90 bits per heavy atom. The Bertz CT molecular complexity index is 488. The van der Waals surface area contributed by atoms with E-state index in [9.17, 15) is 9.18 Å². The normalized spacial score (nSPS) is 23.8. The van der Waals surface area contributed by atoms with Crippen LogP contribution in [0.2, 0.25) is 0 Å². The molecule has 2 saturated heterocycles. The molecular weight excluding hydrogens is 267 g/mol. The minimum absolute atomic E-state index is 0.113. The van der Waals surface area contributed by atoms with Gasteiger partial charge in [-0.25, -0.2) is 4.39 Å². The summed E-state index contributed by atoms with van der Waals surface area (Å²) < 4.78 is 12.9. The standard InChI is InChI=1S/C17H23FN2O/c18-15-6-4-14(5-7-15)17(21)8-12-19-9-2-11-20-10-1-3-16(20)13-19/h4-7,16H,1-3,8-13H2. The summed E-state index contributed by atoms with van der Waals surface area (Å²) in [5.41, 5.74) is 0.619. The molecule has 0 N–H and O–H groups in total. The van der Waals surface area contributed by atoms with Crippen molar-refractivity contribution >= 4 is 5.78 Å². The molecular formula is C17H23FN2O. The first kappa shape index (κ1) is 14.7. The Balaban J connectivity index is 1.52. The van der Waals surface area contributed by atoms with Crippen LogP contribution in [-0.2, 0) is 0 Å². The number of nitrogens with zero attached hydrogens (tertiary/aromatic N) is 2. The molecule has 0 amide bonds. The number of ketones is 1. The molecule has 4 heteroatoms. The predicted octanol–water partition coefficient (Wildman–Crippen LogP) is 2.57. The molecule has 21 heavy (non-hydrogen) atoms. The van der Waals surface area contributed by atoms with Crippen LogP contribution in [0.3, 0.4) is 0 Å². The number of carbonyl (C=O) groups excluding carboxylic acids is 1. The first-order valence-electron chi connectivity index (χ1n) is 7.97. The van der Waals surface area contributed by atoms with Gasteiger partial charge in [0.1, 0.15) is 5.82 Å². The van der Waals surface area contributed by atoms with E-state index in [1.165, 1.54) is 44.5 Å². The maximum absolute atomic E-state index is 12.9.